The summed E-state index contributed by atoms with van der Waals surface area (Å²) in [5.74, 6) is -0.884. The van der Waals surface area contributed by atoms with Gasteiger partial charge in [0.25, 0.3) is 0 Å². The standard InChI is InChI=1S/C16H21FO2/c1-3-11-5-7-13(16(18)19)15(8-11)14-9-12(17)6-4-10(14)2/h4,6,9,11,13,15H,3,5,7-8H2,1-2H3,(H,18,19). The van der Waals surface area contributed by atoms with Gasteiger partial charge in [-0.1, -0.05) is 19.4 Å². The molecule has 0 heterocycles. The Balaban J connectivity index is 2.35. The molecule has 3 atom stereocenters. The Bertz CT molecular complexity index is 470. The van der Waals surface area contributed by atoms with Gasteiger partial charge < -0.3 is 5.11 Å². The number of rotatable bonds is 3. The molecular formula is C16H21FO2. The lowest BCUT2D eigenvalue weighted by Gasteiger charge is -2.34. The second-order valence-electron chi connectivity index (χ2n) is 5.64. The molecule has 1 aliphatic carbocycles. The number of carboxylic acid groups (broad SMARTS) is 1. The number of hydrogen-bond acceptors (Lipinski definition) is 1. The number of carbonyl (C=O) groups is 1. The van der Waals surface area contributed by atoms with Crippen molar-refractivity contribution in [3.8, 4) is 0 Å². The Kier molecular flexibility index (Phi) is 4.23. The average Bonchev–Trinajstić information content (AvgIpc) is 2.40. The zero-order valence-corrected chi connectivity index (χ0v) is 11.5. The molecule has 3 unspecified atom stereocenters. The maximum Gasteiger partial charge on any atom is 0.307 e. The van der Waals surface area contributed by atoms with Gasteiger partial charge in [0.05, 0.1) is 5.92 Å². The quantitative estimate of drug-likeness (QED) is 0.891. The Morgan fingerprint density at radius 3 is 2.79 bits per heavy atom. The molecule has 1 fully saturated rings. The third kappa shape index (κ3) is 2.96. The summed E-state index contributed by atoms with van der Waals surface area (Å²) in [4.78, 5) is 11.4. The van der Waals surface area contributed by atoms with Gasteiger partial charge in [-0.3, -0.25) is 4.79 Å². The van der Waals surface area contributed by atoms with Crippen molar-refractivity contribution >= 4 is 5.97 Å². The molecule has 2 rings (SSSR count). The summed E-state index contributed by atoms with van der Waals surface area (Å²) in [7, 11) is 0. The molecule has 1 N–H and O–H groups in total. The molecule has 0 aromatic heterocycles. The van der Waals surface area contributed by atoms with Crippen LogP contribution in [0, 0.1) is 24.6 Å². The van der Waals surface area contributed by atoms with Crippen molar-refractivity contribution in [2.24, 2.45) is 11.8 Å². The molecule has 0 bridgehead atoms. The molecule has 1 saturated carbocycles. The van der Waals surface area contributed by atoms with Crippen molar-refractivity contribution in [2.45, 2.75) is 45.4 Å². The molecule has 2 nitrogen and oxygen atoms in total. The van der Waals surface area contributed by atoms with Gasteiger partial charge in [0, 0.05) is 0 Å². The highest BCUT2D eigenvalue weighted by Gasteiger charge is 2.36. The van der Waals surface area contributed by atoms with Gasteiger partial charge >= 0.3 is 5.97 Å². The molecule has 1 aromatic carbocycles. The van der Waals surface area contributed by atoms with Crippen LogP contribution in [0.5, 0.6) is 0 Å². The lowest BCUT2D eigenvalue weighted by molar-refractivity contribution is -0.143. The number of carboxylic acids is 1. The molecule has 3 heteroatoms. The topological polar surface area (TPSA) is 37.3 Å². The average molecular weight is 264 g/mol. The second kappa shape index (κ2) is 5.72. The van der Waals surface area contributed by atoms with Gasteiger partial charge in [-0.15, -0.1) is 0 Å². The van der Waals surface area contributed by atoms with E-state index >= 15 is 0 Å². The van der Waals surface area contributed by atoms with Gasteiger partial charge in [-0.05, 0) is 61.3 Å². The van der Waals surface area contributed by atoms with Gasteiger partial charge in [0.15, 0.2) is 0 Å². The van der Waals surface area contributed by atoms with E-state index in [-0.39, 0.29) is 17.7 Å². The summed E-state index contributed by atoms with van der Waals surface area (Å²) in [6.45, 7) is 4.07. The van der Waals surface area contributed by atoms with Crippen molar-refractivity contribution < 1.29 is 14.3 Å². The van der Waals surface area contributed by atoms with Gasteiger partial charge in [0.2, 0.25) is 0 Å². The van der Waals surface area contributed by atoms with Crippen LogP contribution in [0.3, 0.4) is 0 Å². The van der Waals surface area contributed by atoms with Crippen molar-refractivity contribution in [3.05, 3.63) is 35.1 Å². The molecule has 0 saturated heterocycles. The van der Waals surface area contributed by atoms with E-state index in [1.807, 2.05) is 6.92 Å². The summed E-state index contributed by atoms with van der Waals surface area (Å²) < 4.78 is 13.5. The van der Waals surface area contributed by atoms with E-state index in [0.717, 1.165) is 30.4 Å². The van der Waals surface area contributed by atoms with Crippen molar-refractivity contribution in [1.82, 2.24) is 0 Å². The van der Waals surface area contributed by atoms with Crippen LogP contribution in [0.4, 0.5) is 4.39 Å². The Morgan fingerprint density at radius 1 is 1.42 bits per heavy atom. The highest BCUT2D eigenvalue weighted by molar-refractivity contribution is 5.71. The monoisotopic (exact) mass is 264 g/mol. The molecule has 0 aliphatic heterocycles. The van der Waals surface area contributed by atoms with E-state index in [1.54, 1.807) is 6.07 Å². The third-order valence-electron chi connectivity index (χ3n) is 4.49. The van der Waals surface area contributed by atoms with Crippen LogP contribution in [0.15, 0.2) is 18.2 Å². The van der Waals surface area contributed by atoms with Crippen molar-refractivity contribution in [2.75, 3.05) is 0 Å². The van der Waals surface area contributed by atoms with Crippen molar-refractivity contribution in [1.29, 1.82) is 0 Å². The SMILES string of the molecule is CCC1CCC(C(=O)O)C(c2cc(F)ccc2C)C1. The lowest BCUT2D eigenvalue weighted by atomic mass is 9.69. The predicted octanol–water partition coefficient (Wildman–Crippen LogP) is 4.13. The smallest absolute Gasteiger partial charge is 0.307 e. The van der Waals surface area contributed by atoms with E-state index < -0.39 is 5.97 Å². The zero-order valence-electron chi connectivity index (χ0n) is 11.5. The summed E-state index contributed by atoms with van der Waals surface area (Å²) >= 11 is 0. The number of hydrogen-bond donors (Lipinski definition) is 1. The number of halogens is 1. The van der Waals surface area contributed by atoms with E-state index in [9.17, 15) is 14.3 Å². The molecule has 0 amide bonds. The summed E-state index contributed by atoms with van der Waals surface area (Å²) in [6, 6.07) is 4.71. The Morgan fingerprint density at radius 2 is 2.16 bits per heavy atom. The number of benzene rings is 1. The van der Waals surface area contributed by atoms with E-state index in [1.165, 1.54) is 12.1 Å². The predicted molar refractivity (Wildman–Crippen MR) is 72.6 cm³/mol. The van der Waals surface area contributed by atoms with Gasteiger partial charge in [-0.2, -0.15) is 0 Å². The molecule has 104 valence electrons. The largest absolute Gasteiger partial charge is 0.481 e. The van der Waals surface area contributed by atoms with E-state index in [4.69, 9.17) is 0 Å². The number of aryl methyl sites for hydroxylation is 1. The van der Waals surface area contributed by atoms with Crippen LogP contribution in [-0.2, 0) is 4.79 Å². The second-order valence-corrected chi connectivity index (χ2v) is 5.64. The molecule has 0 spiro atoms. The fraction of sp³-hybridized carbons (Fsp3) is 0.562. The highest BCUT2D eigenvalue weighted by atomic mass is 19.1. The van der Waals surface area contributed by atoms with Crippen LogP contribution in [0.25, 0.3) is 0 Å². The maximum absolute atomic E-state index is 13.5. The van der Waals surface area contributed by atoms with Crippen LogP contribution < -0.4 is 0 Å². The molecule has 19 heavy (non-hydrogen) atoms. The normalized spacial score (nSPS) is 27.2. The first-order chi connectivity index (χ1) is 9.02. The minimum absolute atomic E-state index is 0.0492. The van der Waals surface area contributed by atoms with Crippen LogP contribution in [0.2, 0.25) is 0 Å². The number of aliphatic carboxylic acids is 1. The van der Waals surface area contributed by atoms with Gasteiger partial charge in [-0.25, -0.2) is 4.39 Å². The lowest BCUT2D eigenvalue weighted by Crippen LogP contribution is -2.29. The van der Waals surface area contributed by atoms with Crippen molar-refractivity contribution in [3.63, 3.8) is 0 Å². The van der Waals surface area contributed by atoms with E-state index in [2.05, 4.69) is 6.92 Å². The Labute approximate surface area is 113 Å². The molecular weight excluding hydrogens is 243 g/mol. The minimum atomic E-state index is -0.747. The minimum Gasteiger partial charge on any atom is -0.481 e. The summed E-state index contributed by atoms with van der Waals surface area (Å²) in [6.07, 6.45) is 3.60. The highest BCUT2D eigenvalue weighted by Crippen LogP contribution is 2.43. The first-order valence-corrected chi connectivity index (χ1v) is 7.01. The maximum atomic E-state index is 13.5. The van der Waals surface area contributed by atoms with Gasteiger partial charge in [0.1, 0.15) is 5.82 Å². The van der Waals surface area contributed by atoms with E-state index in [0.29, 0.717) is 12.3 Å². The summed E-state index contributed by atoms with van der Waals surface area (Å²) in [5.41, 5.74) is 1.87. The fourth-order valence-corrected chi connectivity index (χ4v) is 3.28. The van der Waals surface area contributed by atoms with Crippen LogP contribution >= 0.6 is 0 Å². The third-order valence-corrected chi connectivity index (χ3v) is 4.49. The molecule has 1 aromatic rings. The van der Waals surface area contributed by atoms with Crippen LogP contribution in [-0.4, -0.2) is 11.1 Å². The fourth-order valence-electron chi connectivity index (χ4n) is 3.28. The zero-order chi connectivity index (χ0) is 14.0. The first-order valence-electron chi connectivity index (χ1n) is 7.01. The molecule has 1 aliphatic rings. The summed E-state index contributed by atoms with van der Waals surface area (Å²) in [5, 5.41) is 9.40. The van der Waals surface area contributed by atoms with Crippen LogP contribution in [0.1, 0.15) is 49.7 Å². The first kappa shape index (κ1) is 14.0. The molecule has 0 radical (unpaired) electrons. The Hall–Kier alpha value is -1.38.